The number of hydrogen-bond acceptors (Lipinski definition) is 5. The fraction of sp³-hybridized carbons (Fsp3) is 0.154. The normalized spacial score (nSPS) is 10.2. The largest absolute Gasteiger partial charge is 0.493 e. The van der Waals surface area contributed by atoms with E-state index in [2.05, 4.69) is 4.98 Å². The monoisotopic (exact) mass is 275 g/mol. The predicted molar refractivity (Wildman–Crippen MR) is 76.7 cm³/mol. The number of thioether (sulfide) groups is 1. The molecule has 1 aromatic carbocycles. The van der Waals surface area contributed by atoms with Gasteiger partial charge in [-0.05, 0) is 29.7 Å². The molecule has 4 nitrogen and oxygen atoms in total. The van der Waals surface area contributed by atoms with Crippen LogP contribution in [-0.4, -0.2) is 34.5 Å². The third kappa shape index (κ3) is 4.59. The summed E-state index contributed by atoms with van der Waals surface area (Å²) in [5.41, 5.74) is 0.457. The lowest BCUT2D eigenvalue weighted by Gasteiger charge is -2.07. The standard InChI is InChI=1S/C13H14BNO3S/c16-14(17)11-1-3-12(4-2-11)18-9-10-19-13-5-7-15-8-6-13/h1-8,16-17H,9-10H2. The molecule has 0 atom stereocenters. The highest BCUT2D eigenvalue weighted by atomic mass is 32.2. The Balaban J connectivity index is 1.74. The molecule has 0 fully saturated rings. The molecular formula is C13H14BNO3S. The quantitative estimate of drug-likeness (QED) is 0.466. The van der Waals surface area contributed by atoms with E-state index in [0.717, 1.165) is 16.4 Å². The molecule has 0 aliphatic heterocycles. The summed E-state index contributed by atoms with van der Waals surface area (Å²) in [6, 6.07) is 10.6. The summed E-state index contributed by atoms with van der Waals surface area (Å²) < 4.78 is 5.56. The fourth-order valence-electron chi connectivity index (χ4n) is 1.49. The highest BCUT2D eigenvalue weighted by molar-refractivity contribution is 7.99. The summed E-state index contributed by atoms with van der Waals surface area (Å²) in [5, 5.41) is 17.9. The Bertz CT molecular complexity index is 493. The molecular weight excluding hydrogens is 261 g/mol. The Labute approximate surface area is 116 Å². The van der Waals surface area contributed by atoms with Gasteiger partial charge in [0.1, 0.15) is 5.75 Å². The van der Waals surface area contributed by atoms with Crippen LogP contribution in [0.15, 0.2) is 53.7 Å². The van der Waals surface area contributed by atoms with Gasteiger partial charge in [0, 0.05) is 23.0 Å². The lowest BCUT2D eigenvalue weighted by atomic mass is 9.80. The maximum absolute atomic E-state index is 8.96. The van der Waals surface area contributed by atoms with E-state index < -0.39 is 7.12 Å². The minimum Gasteiger partial charge on any atom is -0.493 e. The van der Waals surface area contributed by atoms with Crippen molar-refractivity contribution in [1.82, 2.24) is 4.98 Å². The van der Waals surface area contributed by atoms with Crippen molar-refractivity contribution >= 4 is 24.3 Å². The summed E-state index contributed by atoms with van der Waals surface area (Å²) >= 11 is 1.70. The first-order valence-electron chi connectivity index (χ1n) is 5.87. The van der Waals surface area contributed by atoms with Crippen LogP contribution < -0.4 is 10.2 Å². The van der Waals surface area contributed by atoms with E-state index in [1.807, 2.05) is 12.1 Å². The van der Waals surface area contributed by atoms with E-state index in [1.54, 1.807) is 48.4 Å². The van der Waals surface area contributed by atoms with Crippen molar-refractivity contribution in [3.8, 4) is 5.75 Å². The number of nitrogens with zero attached hydrogens (tertiary/aromatic N) is 1. The molecule has 2 rings (SSSR count). The van der Waals surface area contributed by atoms with Crippen molar-refractivity contribution in [3.05, 3.63) is 48.8 Å². The van der Waals surface area contributed by atoms with Gasteiger partial charge in [-0.15, -0.1) is 11.8 Å². The molecule has 1 aromatic heterocycles. The van der Waals surface area contributed by atoms with Gasteiger partial charge < -0.3 is 14.8 Å². The zero-order valence-electron chi connectivity index (χ0n) is 10.3. The first-order chi connectivity index (χ1) is 9.25. The molecule has 0 aliphatic carbocycles. The topological polar surface area (TPSA) is 62.6 Å². The van der Waals surface area contributed by atoms with Crippen LogP contribution in [0.5, 0.6) is 5.75 Å². The predicted octanol–water partition coefficient (Wildman–Crippen LogP) is 0.932. The Hall–Kier alpha value is -1.50. The van der Waals surface area contributed by atoms with E-state index in [0.29, 0.717) is 12.1 Å². The molecule has 0 saturated carbocycles. The number of pyridine rings is 1. The summed E-state index contributed by atoms with van der Waals surface area (Å²) in [4.78, 5) is 5.12. The molecule has 2 N–H and O–H groups in total. The molecule has 2 aromatic rings. The summed E-state index contributed by atoms with van der Waals surface area (Å²) in [7, 11) is -1.43. The van der Waals surface area contributed by atoms with Crippen LogP contribution in [0.2, 0.25) is 0 Å². The van der Waals surface area contributed by atoms with Gasteiger partial charge >= 0.3 is 7.12 Å². The van der Waals surface area contributed by atoms with E-state index >= 15 is 0 Å². The maximum atomic E-state index is 8.96. The molecule has 19 heavy (non-hydrogen) atoms. The number of benzene rings is 1. The minimum absolute atomic E-state index is 0.457. The Morgan fingerprint density at radius 1 is 1.05 bits per heavy atom. The molecule has 0 radical (unpaired) electrons. The number of hydrogen-bond donors (Lipinski definition) is 2. The zero-order chi connectivity index (χ0) is 13.5. The zero-order valence-corrected chi connectivity index (χ0v) is 11.1. The van der Waals surface area contributed by atoms with E-state index in [-0.39, 0.29) is 0 Å². The van der Waals surface area contributed by atoms with Crippen molar-refractivity contribution in [3.63, 3.8) is 0 Å². The van der Waals surface area contributed by atoms with Crippen molar-refractivity contribution in [2.24, 2.45) is 0 Å². The number of aromatic nitrogens is 1. The molecule has 0 amide bonds. The Kier molecular flexibility index (Phi) is 5.26. The molecule has 1 heterocycles. The van der Waals surface area contributed by atoms with E-state index in [4.69, 9.17) is 14.8 Å². The first-order valence-corrected chi connectivity index (χ1v) is 6.86. The summed E-state index contributed by atoms with van der Waals surface area (Å²) in [5.74, 6) is 1.56. The maximum Gasteiger partial charge on any atom is 0.488 e. The SMILES string of the molecule is OB(O)c1ccc(OCCSc2ccncc2)cc1. The Morgan fingerprint density at radius 2 is 1.74 bits per heavy atom. The van der Waals surface area contributed by atoms with Crippen LogP contribution in [0.25, 0.3) is 0 Å². The Morgan fingerprint density at radius 3 is 2.37 bits per heavy atom. The molecule has 6 heteroatoms. The minimum atomic E-state index is -1.43. The molecule has 0 unspecified atom stereocenters. The average molecular weight is 275 g/mol. The van der Waals surface area contributed by atoms with Gasteiger partial charge in [-0.1, -0.05) is 12.1 Å². The summed E-state index contributed by atoms with van der Waals surface area (Å²) in [6.45, 7) is 0.591. The van der Waals surface area contributed by atoms with Crippen LogP contribution in [0, 0.1) is 0 Å². The smallest absolute Gasteiger partial charge is 0.488 e. The van der Waals surface area contributed by atoms with E-state index in [1.165, 1.54) is 0 Å². The highest BCUT2D eigenvalue weighted by Crippen LogP contribution is 2.16. The molecule has 98 valence electrons. The first kappa shape index (κ1) is 13.9. The lowest BCUT2D eigenvalue weighted by molar-refractivity contribution is 0.344. The second-order valence-corrected chi connectivity index (χ2v) is 4.99. The molecule has 0 saturated heterocycles. The van der Waals surface area contributed by atoms with Gasteiger partial charge in [0.05, 0.1) is 6.61 Å². The number of rotatable bonds is 6. The molecule has 0 bridgehead atoms. The highest BCUT2D eigenvalue weighted by Gasteiger charge is 2.09. The van der Waals surface area contributed by atoms with Crippen molar-refractivity contribution in [1.29, 1.82) is 0 Å². The van der Waals surface area contributed by atoms with Crippen LogP contribution >= 0.6 is 11.8 Å². The molecule has 0 spiro atoms. The van der Waals surface area contributed by atoms with Gasteiger partial charge in [-0.2, -0.15) is 0 Å². The van der Waals surface area contributed by atoms with Crippen molar-refractivity contribution in [2.75, 3.05) is 12.4 Å². The van der Waals surface area contributed by atoms with Gasteiger partial charge in [-0.25, -0.2) is 0 Å². The number of ether oxygens (including phenoxy) is 1. The average Bonchev–Trinajstić information content (AvgIpc) is 2.45. The summed E-state index contributed by atoms with van der Waals surface area (Å²) in [6.07, 6.45) is 3.53. The van der Waals surface area contributed by atoms with Gasteiger partial charge in [0.15, 0.2) is 0 Å². The van der Waals surface area contributed by atoms with Gasteiger partial charge in [-0.3, -0.25) is 4.98 Å². The van der Waals surface area contributed by atoms with Crippen LogP contribution in [-0.2, 0) is 0 Å². The third-order valence-electron chi connectivity index (χ3n) is 2.45. The van der Waals surface area contributed by atoms with Crippen molar-refractivity contribution < 1.29 is 14.8 Å². The second-order valence-electron chi connectivity index (χ2n) is 3.82. The fourth-order valence-corrected chi connectivity index (χ4v) is 2.21. The van der Waals surface area contributed by atoms with E-state index in [9.17, 15) is 0 Å². The second kappa shape index (κ2) is 7.18. The van der Waals surface area contributed by atoms with Crippen LogP contribution in [0.1, 0.15) is 0 Å². The lowest BCUT2D eigenvalue weighted by Crippen LogP contribution is -2.29. The third-order valence-corrected chi connectivity index (χ3v) is 3.43. The van der Waals surface area contributed by atoms with Crippen molar-refractivity contribution in [2.45, 2.75) is 4.90 Å². The van der Waals surface area contributed by atoms with Gasteiger partial charge in [0.25, 0.3) is 0 Å². The van der Waals surface area contributed by atoms with Gasteiger partial charge in [0.2, 0.25) is 0 Å². The molecule has 0 aliphatic rings. The van der Waals surface area contributed by atoms with Crippen LogP contribution in [0.4, 0.5) is 0 Å². The van der Waals surface area contributed by atoms with Crippen LogP contribution in [0.3, 0.4) is 0 Å².